The van der Waals surface area contributed by atoms with Crippen molar-refractivity contribution in [3.05, 3.63) is 34.2 Å². The van der Waals surface area contributed by atoms with Gasteiger partial charge < -0.3 is 10.2 Å². The molecular weight excluding hydrogens is 350 g/mol. The first-order chi connectivity index (χ1) is 12.2. The summed E-state index contributed by atoms with van der Waals surface area (Å²) in [6.45, 7) is 7.63. The zero-order chi connectivity index (χ0) is 18.8. The van der Waals surface area contributed by atoms with Gasteiger partial charge in [0.15, 0.2) is 5.17 Å². The molecule has 3 heterocycles. The van der Waals surface area contributed by atoms with Crippen LogP contribution in [0.2, 0.25) is 0 Å². The highest BCUT2D eigenvalue weighted by molar-refractivity contribution is 8.18. The predicted octanol–water partition coefficient (Wildman–Crippen LogP) is 2.80. The minimum Gasteiger partial charge on any atom is -0.305 e. The van der Waals surface area contributed by atoms with Crippen LogP contribution in [-0.2, 0) is 14.4 Å². The molecule has 3 amide bonds. The first kappa shape index (κ1) is 17.0. The van der Waals surface area contributed by atoms with Crippen LogP contribution in [0.25, 0.3) is 5.57 Å². The molecule has 0 bridgehead atoms. The lowest BCUT2D eigenvalue weighted by atomic mass is 9.80. The standard InChI is InChI=1S/C19H19N3O3S/c1-9-8-19(3,4)22-14-11(9)6-5-7-12(14)13(17(22)25)15-16(24)21-18(26-15)20-10(2)23/h5-7,9H,8H2,1-4H3,(H,20,21,23,24)/b15-13-/t9-/m1/s1. The number of hydrogen-bond acceptors (Lipinski definition) is 4. The van der Waals surface area contributed by atoms with Crippen molar-refractivity contribution in [3.8, 4) is 0 Å². The topological polar surface area (TPSA) is 78.8 Å². The van der Waals surface area contributed by atoms with Gasteiger partial charge in [0.2, 0.25) is 5.91 Å². The van der Waals surface area contributed by atoms with E-state index in [9.17, 15) is 14.4 Å². The molecule has 0 unspecified atom stereocenters. The third kappa shape index (κ3) is 2.34. The average Bonchev–Trinajstić information content (AvgIpc) is 3.01. The fourth-order valence-corrected chi connectivity index (χ4v) is 5.10. The third-order valence-electron chi connectivity index (χ3n) is 5.03. The van der Waals surface area contributed by atoms with Gasteiger partial charge in [-0.25, -0.2) is 0 Å². The number of carbonyl (C=O) groups is 3. The van der Waals surface area contributed by atoms with Crippen LogP contribution >= 0.6 is 11.8 Å². The number of thioether (sulfide) groups is 1. The average molecular weight is 369 g/mol. The summed E-state index contributed by atoms with van der Waals surface area (Å²) < 4.78 is 0. The lowest BCUT2D eigenvalue weighted by Gasteiger charge is -2.43. The molecule has 0 fully saturated rings. The first-order valence-electron chi connectivity index (χ1n) is 8.51. The van der Waals surface area contributed by atoms with E-state index in [1.54, 1.807) is 0 Å². The molecule has 0 saturated carbocycles. The van der Waals surface area contributed by atoms with Crippen LogP contribution in [0, 0.1) is 0 Å². The van der Waals surface area contributed by atoms with Crippen molar-refractivity contribution in [1.82, 2.24) is 5.32 Å². The molecule has 0 spiro atoms. The van der Waals surface area contributed by atoms with Crippen LogP contribution in [-0.4, -0.2) is 28.4 Å². The zero-order valence-electron chi connectivity index (χ0n) is 15.0. The second-order valence-electron chi connectivity index (χ2n) is 7.51. The molecule has 1 atom stereocenters. The van der Waals surface area contributed by atoms with Gasteiger partial charge >= 0.3 is 0 Å². The molecule has 26 heavy (non-hydrogen) atoms. The Labute approximate surface area is 155 Å². The lowest BCUT2D eigenvalue weighted by molar-refractivity contribution is -0.117. The molecule has 6 nitrogen and oxygen atoms in total. The van der Waals surface area contributed by atoms with Crippen molar-refractivity contribution in [1.29, 1.82) is 0 Å². The summed E-state index contributed by atoms with van der Waals surface area (Å²) in [6.07, 6.45) is 0.854. The van der Waals surface area contributed by atoms with Crippen LogP contribution in [0.3, 0.4) is 0 Å². The van der Waals surface area contributed by atoms with Crippen molar-refractivity contribution in [2.75, 3.05) is 4.90 Å². The van der Waals surface area contributed by atoms with Crippen molar-refractivity contribution in [2.24, 2.45) is 4.99 Å². The highest BCUT2D eigenvalue weighted by Crippen LogP contribution is 2.53. The normalized spacial score (nSPS) is 26.1. The number of para-hydroxylation sites is 1. The number of hydrogen-bond donors (Lipinski definition) is 1. The number of aliphatic imine (C=N–C) groups is 1. The van der Waals surface area contributed by atoms with Gasteiger partial charge in [0, 0.05) is 18.0 Å². The molecule has 0 saturated heterocycles. The largest absolute Gasteiger partial charge is 0.305 e. The predicted molar refractivity (Wildman–Crippen MR) is 102 cm³/mol. The first-order valence-corrected chi connectivity index (χ1v) is 9.33. The Hall–Kier alpha value is -2.41. The molecule has 3 aliphatic heterocycles. The second kappa shape index (κ2) is 5.54. The zero-order valence-corrected chi connectivity index (χ0v) is 15.9. The smallest absolute Gasteiger partial charge is 0.287 e. The van der Waals surface area contributed by atoms with Crippen LogP contribution < -0.4 is 10.2 Å². The molecule has 0 aliphatic carbocycles. The maximum Gasteiger partial charge on any atom is 0.287 e. The number of benzene rings is 1. The van der Waals surface area contributed by atoms with E-state index in [-0.39, 0.29) is 27.4 Å². The highest BCUT2D eigenvalue weighted by Gasteiger charge is 2.49. The summed E-state index contributed by atoms with van der Waals surface area (Å²) in [5.74, 6) is -0.624. The Morgan fingerprint density at radius 1 is 1.35 bits per heavy atom. The monoisotopic (exact) mass is 369 g/mol. The SMILES string of the molecule is CC(=O)NC1=NC(=O)/C(=C2/C(=O)N3c4c2cccc4[C@H](C)CC3(C)C)S1. The number of amides is 3. The van der Waals surface area contributed by atoms with E-state index in [0.29, 0.717) is 11.5 Å². The molecule has 134 valence electrons. The van der Waals surface area contributed by atoms with E-state index in [1.165, 1.54) is 6.92 Å². The van der Waals surface area contributed by atoms with E-state index in [0.717, 1.165) is 35.0 Å². The van der Waals surface area contributed by atoms with E-state index >= 15 is 0 Å². The van der Waals surface area contributed by atoms with Gasteiger partial charge in [-0.15, -0.1) is 0 Å². The van der Waals surface area contributed by atoms with Gasteiger partial charge in [-0.1, -0.05) is 25.1 Å². The van der Waals surface area contributed by atoms with Crippen LogP contribution in [0.15, 0.2) is 28.1 Å². The summed E-state index contributed by atoms with van der Waals surface area (Å²) in [5, 5.41) is 2.75. The number of rotatable bonds is 0. The van der Waals surface area contributed by atoms with Crippen LogP contribution in [0.4, 0.5) is 5.69 Å². The Morgan fingerprint density at radius 3 is 2.77 bits per heavy atom. The molecule has 4 rings (SSSR count). The summed E-state index contributed by atoms with van der Waals surface area (Å²) in [6, 6.07) is 5.87. The van der Waals surface area contributed by atoms with Gasteiger partial charge in [-0.3, -0.25) is 14.4 Å². The molecular formula is C19H19N3O3S. The minimum absolute atomic E-state index is 0.167. The van der Waals surface area contributed by atoms with Crippen LogP contribution in [0.5, 0.6) is 0 Å². The summed E-state index contributed by atoms with van der Waals surface area (Å²) in [5.41, 5.74) is 2.87. The number of carbonyl (C=O) groups excluding carboxylic acids is 3. The Balaban J connectivity index is 1.89. The van der Waals surface area contributed by atoms with Crippen molar-refractivity contribution in [3.63, 3.8) is 0 Å². The third-order valence-corrected chi connectivity index (χ3v) is 5.99. The summed E-state index contributed by atoms with van der Waals surface area (Å²) >= 11 is 1.05. The number of anilines is 1. The van der Waals surface area contributed by atoms with Gasteiger partial charge in [0.25, 0.3) is 11.8 Å². The Kier molecular flexibility index (Phi) is 3.63. The van der Waals surface area contributed by atoms with Crippen molar-refractivity contribution in [2.45, 2.75) is 45.6 Å². The summed E-state index contributed by atoms with van der Waals surface area (Å²) in [4.78, 5) is 43.0. The lowest BCUT2D eigenvalue weighted by Crippen LogP contribution is -2.49. The van der Waals surface area contributed by atoms with E-state index < -0.39 is 5.91 Å². The van der Waals surface area contributed by atoms with E-state index in [1.807, 2.05) is 17.0 Å². The second-order valence-corrected chi connectivity index (χ2v) is 8.51. The van der Waals surface area contributed by atoms with E-state index in [4.69, 9.17) is 0 Å². The molecule has 7 heteroatoms. The fourth-order valence-electron chi connectivity index (χ4n) is 4.15. The molecule has 3 aliphatic rings. The maximum atomic E-state index is 13.3. The van der Waals surface area contributed by atoms with Crippen LogP contribution in [0.1, 0.15) is 51.2 Å². The quantitative estimate of drug-likeness (QED) is 0.713. The van der Waals surface area contributed by atoms with Gasteiger partial charge in [0.1, 0.15) is 0 Å². The summed E-state index contributed by atoms with van der Waals surface area (Å²) in [7, 11) is 0. The maximum absolute atomic E-state index is 13.3. The number of amidine groups is 1. The van der Waals surface area contributed by atoms with Gasteiger partial charge in [-0.05, 0) is 43.5 Å². The van der Waals surface area contributed by atoms with Gasteiger partial charge in [0.05, 0.1) is 16.2 Å². The molecule has 1 aromatic carbocycles. The Morgan fingerprint density at radius 2 is 2.08 bits per heavy atom. The molecule has 1 aromatic rings. The molecule has 0 aromatic heterocycles. The van der Waals surface area contributed by atoms with Crippen molar-refractivity contribution < 1.29 is 14.4 Å². The molecule has 0 radical (unpaired) electrons. The Bertz CT molecular complexity index is 945. The number of nitrogens with zero attached hydrogens (tertiary/aromatic N) is 2. The van der Waals surface area contributed by atoms with Crippen molar-refractivity contribution >= 4 is 45.9 Å². The van der Waals surface area contributed by atoms with Gasteiger partial charge in [-0.2, -0.15) is 4.99 Å². The number of nitrogens with one attached hydrogen (secondary N) is 1. The fraction of sp³-hybridized carbons (Fsp3) is 0.368. The minimum atomic E-state index is -0.481. The molecule has 1 N–H and O–H groups in total. The van der Waals surface area contributed by atoms with E-state index in [2.05, 4.69) is 37.1 Å². The highest BCUT2D eigenvalue weighted by atomic mass is 32.2.